The first kappa shape index (κ1) is 19.2. The third-order valence-electron chi connectivity index (χ3n) is 3.74. The maximum Gasteiger partial charge on any atom is 0.233 e. The molecule has 0 aliphatic rings. The molecule has 25 heavy (non-hydrogen) atoms. The van der Waals surface area contributed by atoms with Gasteiger partial charge in [0, 0.05) is 19.1 Å². The Balaban J connectivity index is 2.02. The second kappa shape index (κ2) is 8.80. The summed E-state index contributed by atoms with van der Waals surface area (Å²) in [6.45, 7) is 2.11. The average molecular weight is 361 g/mol. The third kappa shape index (κ3) is 6.01. The Morgan fingerprint density at radius 3 is 2.48 bits per heavy atom. The molecule has 0 radical (unpaired) electrons. The summed E-state index contributed by atoms with van der Waals surface area (Å²) in [6, 6.07) is 15.0. The zero-order valence-electron chi connectivity index (χ0n) is 14.6. The molecule has 0 heterocycles. The van der Waals surface area contributed by atoms with Crippen LogP contribution in [0.5, 0.6) is 5.75 Å². The number of benzene rings is 2. The fourth-order valence-electron chi connectivity index (χ4n) is 2.26. The van der Waals surface area contributed by atoms with Gasteiger partial charge < -0.3 is 9.47 Å². The standard InChI is InChI=1S/C19H23NO4S/c1-15-7-9-16(10-8-15)11-12-25(21,22)20-14-19(24-3)17-5-4-6-18(13-17)23-2/h4-13,19-20H,14H2,1-3H3/b12-11+. The van der Waals surface area contributed by atoms with Crippen LogP contribution in [-0.4, -0.2) is 29.2 Å². The van der Waals surface area contributed by atoms with Crippen molar-refractivity contribution in [1.29, 1.82) is 0 Å². The Hall–Kier alpha value is -2.15. The summed E-state index contributed by atoms with van der Waals surface area (Å²) in [5.74, 6) is 0.696. The van der Waals surface area contributed by atoms with E-state index in [-0.39, 0.29) is 6.54 Å². The van der Waals surface area contributed by atoms with Crippen LogP contribution in [-0.2, 0) is 14.8 Å². The first-order valence-electron chi connectivity index (χ1n) is 7.84. The van der Waals surface area contributed by atoms with Gasteiger partial charge in [-0.15, -0.1) is 0 Å². The molecule has 2 aromatic rings. The molecular weight excluding hydrogens is 338 g/mol. The maximum atomic E-state index is 12.2. The molecule has 2 aromatic carbocycles. The molecule has 0 aromatic heterocycles. The molecule has 0 aliphatic carbocycles. The second-order valence-electron chi connectivity index (χ2n) is 5.61. The van der Waals surface area contributed by atoms with Gasteiger partial charge in [0.05, 0.1) is 13.2 Å². The minimum absolute atomic E-state index is 0.129. The van der Waals surface area contributed by atoms with Crippen LogP contribution in [0.15, 0.2) is 53.9 Å². The number of ether oxygens (including phenoxy) is 2. The highest BCUT2D eigenvalue weighted by atomic mass is 32.2. The minimum atomic E-state index is -3.56. The summed E-state index contributed by atoms with van der Waals surface area (Å²) in [6.07, 6.45) is 1.16. The Morgan fingerprint density at radius 1 is 1.12 bits per heavy atom. The summed E-state index contributed by atoms with van der Waals surface area (Å²) < 4.78 is 37.5. The van der Waals surface area contributed by atoms with Gasteiger partial charge in [-0.25, -0.2) is 13.1 Å². The predicted molar refractivity (Wildman–Crippen MR) is 99.9 cm³/mol. The van der Waals surface area contributed by atoms with Crippen molar-refractivity contribution in [1.82, 2.24) is 4.72 Å². The van der Waals surface area contributed by atoms with E-state index in [1.807, 2.05) is 55.5 Å². The highest BCUT2D eigenvalue weighted by molar-refractivity contribution is 7.92. The number of sulfonamides is 1. The van der Waals surface area contributed by atoms with Gasteiger partial charge in [0.2, 0.25) is 10.0 Å². The molecule has 5 nitrogen and oxygen atoms in total. The van der Waals surface area contributed by atoms with Crippen molar-refractivity contribution in [3.05, 3.63) is 70.6 Å². The quantitative estimate of drug-likeness (QED) is 0.784. The Morgan fingerprint density at radius 2 is 1.84 bits per heavy atom. The van der Waals surface area contributed by atoms with E-state index in [2.05, 4.69) is 4.72 Å². The number of rotatable bonds is 8. The molecule has 0 bridgehead atoms. The van der Waals surface area contributed by atoms with Gasteiger partial charge in [0.1, 0.15) is 5.75 Å². The van der Waals surface area contributed by atoms with Crippen LogP contribution in [0.25, 0.3) is 6.08 Å². The monoisotopic (exact) mass is 361 g/mol. The van der Waals surface area contributed by atoms with E-state index in [1.165, 1.54) is 0 Å². The normalized spacial score (nSPS) is 13.1. The van der Waals surface area contributed by atoms with Crippen molar-refractivity contribution < 1.29 is 17.9 Å². The molecule has 0 amide bonds. The Labute approximate surface area is 149 Å². The van der Waals surface area contributed by atoms with Crippen LogP contribution in [0, 0.1) is 6.92 Å². The van der Waals surface area contributed by atoms with Gasteiger partial charge in [-0.3, -0.25) is 0 Å². The van der Waals surface area contributed by atoms with Crippen molar-refractivity contribution >= 4 is 16.1 Å². The molecule has 134 valence electrons. The van der Waals surface area contributed by atoms with Crippen LogP contribution in [0.1, 0.15) is 22.8 Å². The van der Waals surface area contributed by atoms with Gasteiger partial charge in [-0.2, -0.15) is 0 Å². The number of hydrogen-bond donors (Lipinski definition) is 1. The fourth-order valence-corrected chi connectivity index (χ4v) is 3.08. The number of methoxy groups -OCH3 is 2. The van der Waals surface area contributed by atoms with Crippen LogP contribution in [0.3, 0.4) is 0 Å². The van der Waals surface area contributed by atoms with Crippen LogP contribution in [0.4, 0.5) is 0 Å². The fraction of sp³-hybridized carbons (Fsp3) is 0.263. The highest BCUT2D eigenvalue weighted by Gasteiger charge is 2.14. The van der Waals surface area contributed by atoms with Crippen molar-refractivity contribution in [3.63, 3.8) is 0 Å². The molecule has 0 saturated heterocycles. The summed E-state index contributed by atoms with van der Waals surface area (Å²) >= 11 is 0. The zero-order chi connectivity index (χ0) is 18.3. The van der Waals surface area contributed by atoms with Gasteiger partial charge in [0.25, 0.3) is 0 Å². The van der Waals surface area contributed by atoms with E-state index in [0.29, 0.717) is 5.75 Å². The number of nitrogens with one attached hydrogen (secondary N) is 1. The van der Waals surface area contributed by atoms with E-state index < -0.39 is 16.1 Å². The smallest absolute Gasteiger partial charge is 0.233 e. The topological polar surface area (TPSA) is 64.6 Å². The van der Waals surface area contributed by atoms with Gasteiger partial charge in [-0.05, 0) is 36.3 Å². The lowest BCUT2D eigenvalue weighted by Gasteiger charge is -2.16. The van der Waals surface area contributed by atoms with Gasteiger partial charge in [0.15, 0.2) is 0 Å². The molecule has 6 heteroatoms. The molecule has 2 rings (SSSR count). The first-order valence-corrected chi connectivity index (χ1v) is 9.39. The van der Waals surface area contributed by atoms with E-state index in [9.17, 15) is 8.42 Å². The molecular formula is C19H23NO4S. The lowest BCUT2D eigenvalue weighted by atomic mass is 10.1. The molecule has 0 saturated carbocycles. The minimum Gasteiger partial charge on any atom is -0.497 e. The largest absolute Gasteiger partial charge is 0.497 e. The first-order chi connectivity index (χ1) is 11.9. The number of hydrogen-bond acceptors (Lipinski definition) is 4. The van der Waals surface area contributed by atoms with Gasteiger partial charge in [-0.1, -0.05) is 42.0 Å². The van der Waals surface area contributed by atoms with Crippen molar-refractivity contribution in [2.24, 2.45) is 0 Å². The summed E-state index contributed by atoms with van der Waals surface area (Å²) in [5, 5.41) is 1.16. The van der Waals surface area contributed by atoms with Crippen LogP contribution < -0.4 is 9.46 Å². The molecule has 1 unspecified atom stereocenters. The lowest BCUT2D eigenvalue weighted by molar-refractivity contribution is 0.107. The van der Waals surface area contributed by atoms with Crippen molar-refractivity contribution in [3.8, 4) is 5.75 Å². The lowest BCUT2D eigenvalue weighted by Crippen LogP contribution is -2.27. The number of aryl methyl sites for hydroxylation is 1. The van der Waals surface area contributed by atoms with Crippen LogP contribution in [0.2, 0.25) is 0 Å². The molecule has 0 fully saturated rings. The van der Waals surface area contributed by atoms with Crippen LogP contribution >= 0.6 is 0 Å². The second-order valence-corrected chi connectivity index (χ2v) is 7.26. The SMILES string of the molecule is COc1cccc(C(CNS(=O)(=O)/C=C/c2ccc(C)cc2)OC)c1. The third-order valence-corrected chi connectivity index (χ3v) is 4.80. The van der Waals surface area contributed by atoms with Gasteiger partial charge >= 0.3 is 0 Å². The average Bonchev–Trinajstić information content (AvgIpc) is 2.62. The Bertz CT molecular complexity index is 814. The zero-order valence-corrected chi connectivity index (χ0v) is 15.4. The van der Waals surface area contributed by atoms with Crippen molar-refractivity contribution in [2.75, 3.05) is 20.8 Å². The maximum absolute atomic E-state index is 12.2. The predicted octanol–water partition coefficient (Wildman–Crippen LogP) is 3.28. The Kier molecular flexibility index (Phi) is 6.75. The summed E-state index contributed by atoms with van der Waals surface area (Å²) in [4.78, 5) is 0. The molecule has 1 atom stereocenters. The summed E-state index contributed by atoms with van der Waals surface area (Å²) in [5.41, 5.74) is 2.79. The summed E-state index contributed by atoms with van der Waals surface area (Å²) in [7, 11) is -0.435. The van der Waals surface area contributed by atoms with E-state index in [4.69, 9.17) is 9.47 Å². The molecule has 1 N–H and O–H groups in total. The highest BCUT2D eigenvalue weighted by Crippen LogP contribution is 2.21. The van der Waals surface area contributed by atoms with Crippen molar-refractivity contribution in [2.45, 2.75) is 13.0 Å². The molecule has 0 spiro atoms. The molecule has 0 aliphatic heterocycles. The van der Waals surface area contributed by atoms with E-state index in [1.54, 1.807) is 20.3 Å². The van der Waals surface area contributed by atoms with E-state index in [0.717, 1.165) is 22.1 Å². The van der Waals surface area contributed by atoms with E-state index >= 15 is 0 Å².